The van der Waals surface area contributed by atoms with Crippen molar-refractivity contribution < 1.29 is 14.0 Å². The summed E-state index contributed by atoms with van der Waals surface area (Å²) in [6.45, 7) is 4.74. The molecule has 1 heterocycles. The summed E-state index contributed by atoms with van der Waals surface area (Å²) in [7, 11) is 0. The van der Waals surface area contributed by atoms with Crippen LogP contribution in [0.4, 0.5) is 4.39 Å². The van der Waals surface area contributed by atoms with Gasteiger partial charge >= 0.3 is 0 Å². The number of rotatable bonds is 4. The number of piperidine rings is 1. The number of likely N-dealkylation sites (tertiary alicyclic amines) is 1. The number of amides is 2. The highest BCUT2D eigenvalue weighted by molar-refractivity contribution is 5.81. The first-order chi connectivity index (χ1) is 12.9. The molecular weight excluding hydrogens is 343 g/mol. The molecule has 2 atom stereocenters. The maximum atomic E-state index is 13.8. The van der Waals surface area contributed by atoms with Crippen molar-refractivity contribution in [1.29, 1.82) is 0 Å². The van der Waals surface area contributed by atoms with Crippen LogP contribution in [0.15, 0.2) is 48.5 Å². The summed E-state index contributed by atoms with van der Waals surface area (Å²) >= 11 is 0. The molecule has 3 rings (SSSR count). The Morgan fingerprint density at radius 2 is 1.93 bits per heavy atom. The summed E-state index contributed by atoms with van der Waals surface area (Å²) in [6.07, 6.45) is 0.677. The third-order valence-corrected chi connectivity index (χ3v) is 5.19. The van der Waals surface area contributed by atoms with Crippen LogP contribution < -0.4 is 5.32 Å². The number of hydrogen-bond donors (Lipinski definition) is 1. The number of halogens is 1. The number of nitrogens with zero attached hydrogens (tertiary/aromatic N) is 1. The second-order valence-electron chi connectivity index (χ2n) is 7.28. The highest BCUT2D eigenvalue weighted by Gasteiger charge is 2.33. The lowest BCUT2D eigenvalue weighted by atomic mass is 9.83. The summed E-state index contributed by atoms with van der Waals surface area (Å²) in [5.41, 5.74) is 2.76. The van der Waals surface area contributed by atoms with E-state index < -0.39 is 0 Å². The van der Waals surface area contributed by atoms with Crippen LogP contribution in [0, 0.1) is 18.7 Å². The van der Waals surface area contributed by atoms with Gasteiger partial charge < -0.3 is 10.2 Å². The van der Waals surface area contributed by atoms with E-state index in [2.05, 4.69) is 17.4 Å². The largest absolute Gasteiger partial charge is 0.352 e. The van der Waals surface area contributed by atoms with E-state index in [1.54, 1.807) is 23.1 Å². The van der Waals surface area contributed by atoms with Crippen molar-refractivity contribution in [3.05, 3.63) is 71.0 Å². The van der Waals surface area contributed by atoms with Crippen LogP contribution in [0.2, 0.25) is 0 Å². The zero-order valence-corrected chi connectivity index (χ0v) is 15.7. The molecule has 0 radical (unpaired) electrons. The molecule has 2 aromatic rings. The molecule has 0 spiro atoms. The lowest BCUT2D eigenvalue weighted by Gasteiger charge is -2.37. The maximum Gasteiger partial charge on any atom is 0.225 e. The van der Waals surface area contributed by atoms with Gasteiger partial charge in [-0.05, 0) is 25.0 Å². The van der Waals surface area contributed by atoms with Crippen LogP contribution in [0.5, 0.6) is 0 Å². The molecule has 5 heteroatoms. The highest BCUT2D eigenvalue weighted by Crippen LogP contribution is 2.31. The van der Waals surface area contributed by atoms with Crippen LogP contribution in [0.25, 0.3) is 0 Å². The van der Waals surface area contributed by atoms with Gasteiger partial charge in [-0.2, -0.15) is 0 Å². The molecule has 142 valence electrons. The van der Waals surface area contributed by atoms with Crippen LogP contribution >= 0.6 is 0 Å². The summed E-state index contributed by atoms with van der Waals surface area (Å²) in [4.78, 5) is 26.4. The SMILES string of the molecule is CC(=O)N1C[C@@H](C(=O)NCc2ccccc2F)C[C@@H](c2cccc(C)c2)C1. The van der Waals surface area contributed by atoms with Gasteiger partial charge in [0.05, 0.1) is 5.92 Å². The Balaban J connectivity index is 1.72. The van der Waals surface area contributed by atoms with Crippen LogP contribution in [-0.2, 0) is 16.1 Å². The molecule has 1 fully saturated rings. The summed E-state index contributed by atoms with van der Waals surface area (Å²) in [5.74, 6) is -0.683. The Kier molecular flexibility index (Phi) is 5.89. The fourth-order valence-corrected chi connectivity index (χ4v) is 3.68. The van der Waals surface area contributed by atoms with Gasteiger partial charge in [-0.1, -0.05) is 48.0 Å². The molecule has 0 unspecified atom stereocenters. The van der Waals surface area contributed by atoms with E-state index in [1.807, 2.05) is 19.1 Å². The average molecular weight is 368 g/mol. The quantitative estimate of drug-likeness (QED) is 0.899. The number of carbonyl (C=O) groups excluding carboxylic acids is 2. The Morgan fingerprint density at radius 1 is 1.15 bits per heavy atom. The molecule has 0 aromatic heterocycles. The smallest absolute Gasteiger partial charge is 0.225 e. The predicted molar refractivity (Wildman–Crippen MR) is 103 cm³/mol. The van der Waals surface area contributed by atoms with Crippen LogP contribution in [0.3, 0.4) is 0 Å². The van der Waals surface area contributed by atoms with Crippen molar-refractivity contribution in [2.45, 2.75) is 32.7 Å². The molecule has 4 nitrogen and oxygen atoms in total. The van der Waals surface area contributed by atoms with Crippen LogP contribution in [-0.4, -0.2) is 29.8 Å². The van der Waals surface area contributed by atoms with E-state index in [4.69, 9.17) is 0 Å². The van der Waals surface area contributed by atoms with E-state index in [0.717, 1.165) is 11.1 Å². The van der Waals surface area contributed by atoms with Crippen molar-refractivity contribution in [2.24, 2.45) is 5.92 Å². The summed E-state index contributed by atoms with van der Waals surface area (Å²) < 4.78 is 13.8. The fraction of sp³-hybridized carbons (Fsp3) is 0.364. The zero-order valence-electron chi connectivity index (χ0n) is 15.7. The minimum Gasteiger partial charge on any atom is -0.352 e. The maximum absolute atomic E-state index is 13.8. The van der Waals surface area contributed by atoms with Crippen molar-refractivity contribution in [2.75, 3.05) is 13.1 Å². The Morgan fingerprint density at radius 3 is 2.63 bits per heavy atom. The van der Waals surface area contributed by atoms with Gasteiger partial charge in [0.2, 0.25) is 11.8 Å². The first kappa shape index (κ1) is 19.1. The monoisotopic (exact) mass is 368 g/mol. The van der Waals surface area contributed by atoms with Gasteiger partial charge in [-0.25, -0.2) is 4.39 Å². The molecule has 2 aromatic carbocycles. The number of hydrogen-bond acceptors (Lipinski definition) is 2. The fourth-order valence-electron chi connectivity index (χ4n) is 3.68. The number of carbonyl (C=O) groups is 2. The molecule has 1 aliphatic rings. The number of nitrogens with one attached hydrogen (secondary N) is 1. The third-order valence-electron chi connectivity index (χ3n) is 5.19. The van der Waals surface area contributed by atoms with E-state index in [0.29, 0.717) is 25.1 Å². The molecule has 1 aliphatic heterocycles. The van der Waals surface area contributed by atoms with Crippen molar-refractivity contribution in [1.82, 2.24) is 10.2 Å². The average Bonchev–Trinajstić information content (AvgIpc) is 2.66. The summed E-state index contributed by atoms with van der Waals surface area (Å²) in [5, 5.41) is 2.84. The third kappa shape index (κ3) is 4.73. The van der Waals surface area contributed by atoms with Crippen molar-refractivity contribution in [3.63, 3.8) is 0 Å². The van der Waals surface area contributed by atoms with E-state index in [1.165, 1.54) is 13.0 Å². The molecule has 1 saturated heterocycles. The molecule has 0 bridgehead atoms. The number of benzene rings is 2. The number of aryl methyl sites for hydroxylation is 1. The summed E-state index contributed by atoms with van der Waals surface area (Å²) in [6, 6.07) is 14.6. The molecule has 0 saturated carbocycles. The van der Waals surface area contributed by atoms with Gasteiger partial charge in [-0.3, -0.25) is 9.59 Å². The van der Waals surface area contributed by atoms with Gasteiger partial charge in [0.1, 0.15) is 5.82 Å². The van der Waals surface area contributed by atoms with Gasteiger partial charge in [-0.15, -0.1) is 0 Å². The normalized spacial score (nSPS) is 19.6. The molecule has 0 aliphatic carbocycles. The van der Waals surface area contributed by atoms with Gasteiger partial charge in [0, 0.05) is 38.0 Å². The second kappa shape index (κ2) is 8.33. The molecule has 2 amide bonds. The van der Waals surface area contributed by atoms with Gasteiger partial charge in [0.15, 0.2) is 0 Å². The second-order valence-corrected chi connectivity index (χ2v) is 7.28. The minimum absolute atomic E-state index is 0.0285. The van der Waals surface area contributed by atoms with Crippen LogP contribution in [0.1, 0.15) is 36.0 Å². The topological polar surface area (TPSA) is 49.4 Å². The highest BCUT2D eigenvalue weighted by atomic mass is 19.1. The van der Waals surface area contributed by atoms with Crippen molar-refractivity contribution in [3.8, 4) is 0 Å². The molecule has 27 heavy (non-hydrogen) atoms. The first-order valence-electron chi connectivity index (χ1n) is 9.27. The Hall–Kier alpha value is -2.69. The molecule has 1 N–H and O–H groups in total. The predicted octanol–water partition coefficient (Wildman–Crippen LogP) is 3.40. The Labute approximate surface area is 159 Å². The lowest BCUT2D eigenvalue weighted by molar-refractivity contribution is -0.134. The zero-order chi connectivity index (χ0) is 19.4. The Bertz CT molecular complexity index is 837. The van der Waals surface area contributed by atoms with Crippen molar-refractivity contribution >= 4 is 11.8 Å². The van der Waals surface area contributed by atoms with E-state index >= 15 is 0 Å². The van der Waals surface area contributed by atoms with E-state index in [-0.39, 0.29) is 36.0 Å². The minimum atomic E-state index is -0.329. The van der Waals surface area contributed by atoms with Gasteiger partial charge in [0.25, 0.3) is 0 Å². The first-order valence-corrected chi connectivity index (χ1v) is 9.27. The lowest BCUT2D eigenvalue weighted by Crippen LogP contribution is -2.47. The standard InChI is InChI=1S/C22H25FN2O2/c1-15-6-5-8-17(10-15)19-11-20(14-25(13-19)16(2)26)22(27)24-12-18-7-3-4-9-21(18)23/h3-10,19-20H,11-14H2,1-2H3,(H,24,27)/t19-,20+/m1/s1. The molecular formula is C22H25FN2O2. The van der Waals surface area contributed by atoms with E-state index in [9.17, 15) is 14.0 Å².